The zero-order valence-corrected chi connectivity index (χ0v) is 12.8. The molecule has 0 unspecified atom stereocenters. The van der Waals surface area contributed by atoms with E-state index in [0.717, 1.165) is 16.9 Å². The lowest BCUT2D eigenvalue weighted by Crippen LogP contribution is -1.99. The minimum Gasteiger partial charge on any atom is -0.481 e. The van der Waals surface area contributed by atoms with Crippen molar-refractivity contribution in [2.45, 2.75) is 29.6 Å². The van der Waals surface area contributed by atoms with Crippen LogP contribution in [0.15, 0.2) is 52.3 Å². The summed E-state index contributed by atoms with van der Waals surface area (Å²) in [5, 5.41) is 19.9. The lowest BCUT2D eigenvalue weighted by molar-refractivity contribution is -0.387. The summed E-state index contributed by atoms with van der Waals surface area (Å²) in [5.74, 6) is -0.883. The molecule has 0 saturated carbocycles. The van der Waals surface area contributed by atoms with Crippen molar-refractivity contribution in [1.82, 2.24) is 0 Å². The predicted octanol–water partition coefficient (Wildman–Crippen LogP) is 3.94. The number of hydrogen-bond acceptors (Lipinski definition) is 4. The molecule has 0 aromatic heterocycles. The maximum absolute atomic E-state index is 11.2. The van der Waals surface area contributed by atoms with Gasteiger partial charge in [0.15, 0.2) is 0 Å². The molecule has 0 saturated heterocycles. The van der Waals surface area contributed by atoms with Crippen LogP contribution in [0.2, 0.25) is 0 Å². The molecule has 2 aromatic rings. The number of nitro groups is 1. The van der Waals surface area contributed by atoms with Crippen LogP contribution in [0.4, 0.5) is 5.69 Å². The Kier molecular flexibility index (Phi) is 5.16. The minimum atomic E-state index is -0.883. The van der Waals surface area contributed by atoms with Crippen LogP contribution in [0, 0.1) is 10.1 Å². The van der Waals surface area contributed by atoms with Crippen molar-refractivity contribution < 1.29 is 14.8 Å². The van der Waals surface area contributed by atoms with E-state index >= 15 is 0 Å². The van der Waals surface area contributed by atoms with Crippen molar-refractivity contribution in [2.75, 3.05) is 0 Å². The van der Waals surface area contributed by atoms with Crippen LogP contribution in [-0.2, 0) is 17.6 Å². The van der Waals surface area contributed by atoms with Crippen LogP contribution in [0.3, 0.4) is 0 Å². The van der Waals surface area contributed by atoms with E-state index in [9.17, 15) is 14.9 Å². The Morgan fingerprint density at radius 3 is 2.36 bits per heavy atom. The van der Waals surface area contributed by atoms with Crippen molar-refractivity contribution in [2.24, 2.45) is 0 Å². The van der Waals surface area contributed by atoms with Gasteiger partial charge in [-0.2, -0.15) is 0 Å². The maximum Gasteiger partial charge on any atom is 0.307 e. The third kappa shape index (κ3) is 4.08. The predicted molar refractivity (Wildman–Crippen MR) is 84.4 cm³/mol. The molecule has 114 valence electrons. The fourth-order valence-electron chi connectivity index (χ4n) is 1.99. The molecule has 0 spiro atoms. The first-order valence-electron chi connectivity index (χ1n) is 6.75. The Bertz CT molecular complexity index is 698. The average molecular weight is 317 g/mol. The fraction of sp³-hybridized carbons (Fsp3) is 0.188. The molecular formula is C16H15NO4S. The Morgan fingerprint density at radius 2 is 1.82 bits per heavy atom. The van der Waals surface area contributed by atoms with Gasteiger partial charge in [-0.3, -0.25) is 14.9 Å². The largest absolute Gasteiger partial charge is 0.481 e. The topological polar surface area (TPSA) is 80.4 Å². The van der Waals surface area contributed by atoms with Crippen molar-refractivity contribution in [3.63, 3.8) is 0 Å². The number of nitrogens with zero attached hydrogens (tertiary/aromatic N) is 1. The Labute approximate surface area is 132 Å². The van der Waals surface area contributed by atoms with E-state index in [4.69, 9.17) is 5.11 Å². The van der Waals surface area contributed by atoms with E-state index < -0.39 is 5.97 Å². The van der Waals surface area contributed by atoms with Crippen LogP contribution < -0.4 is 0 Å². The van der Waals surface area contributed by atoms with Gasteiger partial charge in [0.1, 0.15) is 0 Å². The molecule has 0 aliphatic carbocycles. The third-order valence-electron chi connectivity index (χ3n) is 3.13. The number of carboxylic acids is 1. The van der Waals surface area contributed by atoms with E-state index in [-0.39, 0.29) is 17.0 Å². The lowest BCUT2D eigenvalue weighted by Gasteiger charge is -2.06. The number of rotatable bonds is 6. The van der Waals surface area contributed by atoms with Crippen LogP contribution in [0.5, 0.6) is 0 Å². The molecule has 0 amide bonds. The molecule has 0 bridgehead atoms. The molecule has 22 heavy (non-hydrogen) atoms. The smallest absolute Gasteiger partial charge is 0.307 e. The number of hydrogen-bond donors (Lipinski definition) is 1. The van der Waals surface area contributed by atoms with Crippen molar-refractivity contribution in [3.05, 3.63) is 63.7 Å². The highest BCUT2D eigenvalue weighted by Gasteiger charge is 2.15. The van der Waals surface area contributed by atoms with E-state index in [2.05, 4.69) is 0 Å². The van der Waals surface area contributed by atoms with Gasteiger partial charge in [0.2, 0.25) is 0 Å². The second-order valence-electron chi connectivity index (χ2n) is 4.73. The molecule has 1 N–H and O–H groups in total. The number of carbonyl (C=O) groups is 1. The van der Waals surface area contributed by atoms with E-state index in [1.807, 2.05) is 13.0 Å². The molecule has 0 fully saturated rings. The van der Waals surface area contributed by atoms with Gasteiger partial charge >= 0.3 is 5.97 Å². The molecule has 2 rings (SSSR count). The van der Waals surface area contributed by atoms with Crippen LogP contribution in [-0.4, -0.2) is 16.0 Å². The Morgan fingerprint density at radius 1 is 1.18 bits per heavy atom. The summed E-state index contributed by atoms with van der Waals surface area (Å²) in [5.41, 5.74) is 1.72. The summed E-state index contributed by atoms with van der Waals surface area (Å²) in [6.45, 7) is 1.95. The molecule has 2 aromatic carbocycles. The van der Waals surface area contributed by atoms with Crippen LogP contribution in [0.25, 0.3) is 0 Å². The minimum absolute atomic E-state index is 0.0315. The number of nitro benzene ring substituents is 1. The highest BCUT2D eigenvalue weighted by Crippen LogP contribution is 2.35. The van der Waals surface area contributed by atoms with Crippen LogP contribution >= 0.6 is 11.8 Å². The Balaban J connectivity index is 2.23. The summed E-state index contributed by atoms with van der Waals surface area (Å²) in [7, 11) is 0. The highest BCUT2D eigenvalue weighted by molar-refractivity contribution is 7.99. The quantitative estimate of drug-likeness (QED) is 0.645. The van der Waals surface area contributed by atoms with E-state index in [0.29, 0.717) is 10.5 Å². The normalized spacial score (nSPS) is 10.4. The van der Waals surface area contributed by atoms with Gasteiger partial charge in [0.25, 0.3) is 5.69 Å². The average Bonchev–Trinajstić information content (AvgIpc) is 2.49. The van der Waals surface area contributed by atoms with E-state index in [1.165, 1.54) is 11.8 Å². The second kappa shape index (κ2) is 7.09. The number of aliphatic carboxylic acids is 1. The molecule has 0 radical (unpaired) electrons. The maximum atomic E-state index is 11.2. The monoisotopic (exact) mass is 317 g/mol. The van der Waals surface area contributed by atoms with Gasteiger partial charge in [-0.1, -0.05) is 36.9 Å². The summed E-state index contributed by atoms with van der Waals surface area (Å²) in [4.78, 5) is 22.9. The SMILES string of the molecule is CCc1ccc(Sc2ccc(CC(=O)O)cc2)c([N+](=O)[O-])c1. The molecule has 6 heteroatoms. The number of carboxylic acid groups (broad SMARTS) is 1. The summed E-state index contributed by atoms with van der Waals surface area (Å²) < 4.78 is 0. The molecule has 0 aliphatic rings. The molecule has 5 nitrogen and oxygen atoms in total. The summed E-state index contributed by atoms with van der Waals surface area (Å²) >= 11 is 1.30. The molecular weight excluding hydrogens is 302 g/mol. The highest BCUT2D eigenvalue weighted by atomic mass is 32.2. The van der Waals surface area contributed by atoms with E-state index in [1.54, 1.807) is 36.4 Å². The lowest BCUT2D eigenvalue weighted by atomic mass is 10.1. The standard InChI is InChI=1S/C16H15NO4S/c1-2-11-5-8-15(14(9-11)17(20)21)22-13-6-3-12(4-7-13)10-16(18)19/h3-9H,2,10H2,1H3,(H,18,19). The summed E-state index contributed by atoms with van der Waals surface area (Å²) in [6.07, 6.45) is 0.714. The molecule has 0 atom stereocenters. The molecule has 0 aliphatic heterocycles. The Hall–Kier alpha value is -2.34. The summed E-state index contributed by atoms with van der Waals surface area (Å²) in [6, 6.07) is 12.2. The van der Waals surface area contributed by atoms with Gasteiger partial charge in [0.05, 0.1) is 16.2 Å². The zero-order chi connectivity index (χ0) is 16.1. The van der Waals surface area contributed by atoms with Crippen molar-refractivity contribution in [1.29, 1.82) is 0 Å². The third-order valence-corrected chi connectivity index (χ3v) is 4.21. The van der Waals surface area contributed by atoms with Crippen molar-refractivity contribution >= 4 is 23.4 Å². The van der Waals surface area contributed by atoms with Crippen molar-refractivity contribution in [3.8, 4) is 0 Å². The number of aryl methyl sites for hydroxylation is 1. The van der Waals surface area contributed by atoms with Gasteiger partial charge in [-0.15, -0.1) is 0 Å². The van der Waals surface area contributed by atoms with Gasteiger partial charge in [0, 0.05) is 11.0 Å². The first kappa shape index (κ1) is 16.0. The number of benzene rings is 2. The van der Waals surface area contributed by atoms with Gasteiger partial charge in [-0.05, 0) is 35.7 Å². The first-order valence-corrected chi connectivity index (χ1v) is 7.57. The van der Waals surface area contributed by atoms with Gasteiger partial charge in [-0.25, -0.2) is 0 Å². The first-order chi connectivity index (χ1) is 10.5. The van der Waals surface area contributed by atoms with Gasteiger partial charge < -0.3 is 5.11 Å². The van der Waals surface area contributed by atoms with Crippen LogP contribution in [0.1, 0.15) is 18.1 Å². The molecule has 0 heterocycles. The zero-order valence-electron chi connectivity index (χ0n) is 12.0. The second-order valence-corrected chi connectivity index (χ2v) is 5.84. The fourth-order valence-corrected chi connectivity index (χ4v) is 2.89.